The van der Waals surface area contributed by atoms with Gasteiger partial charge in [-0.2, -0.15) is 18.2 Å². The van der Waals surface area contributed by atoms with Crippen LogP contribution in [0.5, 0.6) is 0 Å². The molecule has 0 spiro atoms. The van der Waals surface area contributed by atoms with Crippen molar-refractivity contribution >= 4 is 17.2 Å². The Labute approximate surface area is 192 Å². The number of aromatic nitrogens is 4. The lowest BCUT2D eigenvalue weighted by atomic mass is 10.00. The van der Waals surface area contributed by atoms with Crippen LogP contribution in [0.4, 0.5) is 18.9 Å². The van der Waals surface area contributed by atoms with E-state index in [2.05, 4.69) is 20.4 Å². The standard InChI is InChI=1S/C23H22F3N5O3/c1-13-7-9-31-17(12-27-18(31)10-13)21(32)28-16-11-15(5-4-14(16)2)20-29-19(34-30-20)6-8-22(3,33)23(24,25)26/h4-5,7,9-12,33H,6,8H2,1-3H3,(H,28,32). The summed E-state index contributed by atoms with van der Waals surface area (Å²) in [6, 6.07) is 8.86. The van der Waals surface area contributed by atoms with Crippen molar-refractivity contribution in [3.63, 3.8) is 0 Å². The minimum absolute atomic E-state index is 0.0355. The molecule has 0 radical (unpaired) electrons. The van der Waals surface area contributed by atoms with Crippen LogP contribution < -0.4 is 5.32 Å². The molecule has 4 aromatic rings. The predicted molar refractivity (Wildman–Crippen MR) is 117 cm³/mol. The Hall–Kier alpha value is -3.73. The molecular formula is C23H22F3N5O3. The number of fused-ring (bicyclic) bond motifs is 1. The number of benzene rings is 1. The zero-order valence-electron chi connectivity index (χ0n) is 18.6. The number of hydrogen-bond acceptors (Lipinski definition) is 6. The molecule has 1 unspecified atom stereocenters. The number of carbonyl (C=O) groups is 1. The zero-order valence-corrected chi connectivity index (χ0v) is 18.6. The Bertz CT molecular complexity index is 1360. The van der Waals surface area contributed by atoms with Gasteiger partial charge in [0.25, 0.3) is 5.91 Å². The molecule has 0 fully saturated rings. The van der Waals surface area contributed by atoms with Gasteiger partial charge in [-0.25, -0.2) is 4.98 Å². The molecule has 1 atom stereocenters. The second-order valence-electron chi connectivity index (χ2n) is 8.34. The maximum atomic E-state index is 12.9. The van der Waals surface area contributed by atoms with E-state index in [-0.39, 0.29) is 24.0 Å². The van der Waals surface area contributed by atoms with Crippen molar-refractivity contribution in [2.45, 2.75) is 45.4 Å². The molecule has 2 N–H and O–H groups in total. The second-order valence-corrected chi connectivity index (χ2v) is 8.34. The molecule has 1 aromatic carbocycles. The van der Waals surface area contributed by atoms with E-state index in [0.29, 0.717) is 29.5 Å². The SMILES string of the molecule is Cc1ccn2c(C(=O)Nc3cc(-c4noc(CCC(C)(O)C(F)(F)F)n4)ccc3C)cnc2c1. The highest BCUT2D eigenvalue weighted by Crippen LogP contribution is 2.33. The monoisotopic (exact) mass is 473 g/mol. The topological polar surface area (TPSA) is 106 Å². The van der Waals surface area contributed by atoms with Crippen molar-refractivity contribution in [1.82, 2.24) is 19.5 Å². The van der Waals surface area contributed by atoms with Crippen LogP contribution in [-0.4, -0.2) is 42.3 Å². The van der Waals surface area contributed by atoms with Crippen molar-refractivity contribution in [1.29, 1.82) is 0 Å². The van der Waals surface area contributed by atoms with E-state index in [0.717, 1.165) is 11.1 Å². The van der Waals surface area contributed by atoms with E-state index in [1.807, 2.05) is 26.0 Å². The summed E-state index contributed by atoms with van der Waals surface area (Å²) in [6.07, 6.45) is -2.37. The summed E-state index contributed by atoms with van der Waals surface area (Å²) in [7, 11) is 0. The number of aliphatic hydroxyl groups is 1. The number of nitrogens with zero attached hydrogens (tertiary/aromatic N) is 4. The van der Waals surface area contributed by atoms with Gasteiger partial charge in [0.15, 0.2) is 5.60 Å². The molecule has 3 heterocycles. The Morgan fingerprint density at radius 3 is 2.71 bits per heavy atom. The van der Waals surface area contributed by atoms with Crippen molar-refractivity contribution in [3.05, 3.63) is 65.4 Å². The fraction of sp³-hybridized carbons (Fsp3) is 0.304. The molecule has 0 bridgehead atoms. The quantitative estimate of drug-likeness (QED) is 0.427. The third kappa shape index (κ3) is 4.65. The van der Waals surface area contributed by atoms with E-state index in [1.165, 1.54) is 6.20 Å². The van der Waals surface area contributed by atoms with Crippen LogP contribution in [0.25, 0.3) is 17.0 Å². The van der Waals surface area contributed by atoms with Gasteiger partial charge >= 0.3 is 6.18 Å². The number of rotatable bonds is 6. The average Bonchev–Trinajstić information content (AvgIpc) is 3.40. The number of alkyl halides is 3. The van der Waals surface area contributed by atoms with Gasteiger partial charge in [0, 0.05) is 23.9 Å². The number of imidazole rings is 1. The molecule has 1 amide bonds. The third-order valence-electron chi connectivity index (χ3n) is 5.55. The van der Waals surface area contributed by atoms with Crippen LogP contribution in [-0.2, 0) is 6.42 Å². The van der Waals surface area contributed by atoms with Crippen molar-refractivity contribution in [2.24, 2.45) is 0 Å². The van der Waals surface area contributed by atoms with Gasteiger partial charge in [-0.3, -0.25) is 9.20 Å². The summed E-state index contributed by atoms with van der Waals surface area (Å²) in [6.45, 7) is 4.45. The maximum absolute atomic E-state index is 12.9. The Morgan fingerprint density at radius 2 is 1.97 bits per heavy atom. The van der Waals surface area contributed by atoms with Crippen LogP contribution in [0, 0.1) is 13.8 Å². The zero-order chi connectivity index (χ0) is 24.7. The van der Waals surface area contributed by atoms with Crippen LogP contribution >= 0.6 is 0 Å². The first-order chi connectivity index (χ1) is 15.9. The first-order valence-corrected chi connectivity index (χ1v) is 10.4. The minimum atomic E-state index is -4.76. The summed E-state index contributed by atoms with van der Waals surface area (Å²) in [5.74, 6) is -0.242. The summed E-state index contributed by atoms with van der Waals surface area (Å²) >= 11 is 0. The number of halogens is 3. The van der Waals surface area contributed by atoms with Gasteiger partial charge in [-0.1, -0.05) is 17.3 Å². The largest absolute Gasteiger partial charge is 0.416 e. The van der Waals surface area contributed by atoms with E-state index < -0.39 is 18.2 Å². The highest BCUT2D eigenvalue weighted by atomic mass is 19.4. The van der Waals surface area contributed by atoms with Gasteiger partial charge in [-0.15, -0.1) is 0 Å². The molecule has 0 aliphatic carbocycles. The summed E-state index contributed by atoms with van der Waals surface area (Å²) in [5.41, 5.74) is 0.974. The molecule has 4 rings (SSSR count). The van der Waals surface area contributed by atoms with Gasteiger partial charge in [0.05, 0.1) is 6.20 Å². The van der Waals surface area contributed by atoms with Crippen LogP contribution in [0.15, 0.2) is 47.2 Å². The smallest absolute Gasteiger partial charge is 0.381 e. The predicted octanol–water partition coefficient (Wildman–Crippen LogP) is 4.50. The lowest BCUT2D eigenvalue weighted by Gasteiger charge is -2.25. The summed E-state index contributed by atoms with van der Waals surface area (Å²) in [5, 5.41) is 16.3. The highest BCUT2D eigenvalue weighted by molar-refractivity contribution is 6.04. The normalized spacial score (nSPS) is 13.7. The van der Waals surface area contributed by atoms with Gasteiger partial charge < -0.3 is 14.9 Å². The third-order valence-corrected chi connectivity index (χ3v) is 5.55. The molecule has 0 aliphatic rings. The fourth-order valence-electron chi connectivity index (χ4n) is 3.30. The molecule has 0 saturated heterocycles. The van der Waals surface area contributed by atoms with Gasteiger partial charge in [0.1, 0.15) is 11.3 Å². The Kier molecular flexibility index (Phi) is 5.90. The van der Waals surface area contributed by atoms with Gasteiger partial charge in [-0.05, 0) is 56.5 Å². The number of amides is 1. The molecule has 34 heavy (non-hydrogen) atoms. The van der Waals surface area contributed by atoms with Crippen LogP contribution in [0.3, 0.4) is 0 Å². The van der Waals surface area contributed by atoms with Crippen molar-refractivity contribution < 1.29 is 27.6 Å². The van der Waals surface area contributed by atoms with E-state index in [9.17, 15) is 23.1 Å². The molecule has 178 valence electrons. The van der Waals surface area contributed by atoms with E-state index in [1.54, 1.807) is 28.8 Å². The summed E-state index contributed by atoms with van der Waals surface area (Å²) in [4.78, 5) is 21.3. The lowest BCUT2D eigenvalue weighted by Crippen LogP contribution is -2.42. The van der Waals surface area contributed by atoms with E-state index in [4.69, 9.17) is 4.52 Å². The molecule has 3 aromatic heterocycles. The van der Waals surface area contributed by atoms with Crippen molar-refractivity contribution in [2.75, 3.05) is 5.32 Å². The van der Waals surface area contributed by atoms with Crippen LogP contribution in [0.2, 0.25) is 0 Å². The molecule has 11 heteroatoms. The maximum Gasteiger partial charge on any atom is 0.416 e. The molecule has 0 aliphatic heterocycles. The number of pyridine rings is 1. The van der Waals surface area contributed by atoms with Gasteiger partial charge in [0.2, 0.25) is 11.7 Å². The average molecular weight is 473 g/mol. The second kappa shape index (κ2) is 8.56. The summed E-state index contributed by atoms with van der Waals surface area (Å²) < 4.78 is 45.3. The molecule has 8 nitrogen and oxygen atoms in total. The molecular weight excluding hydrogens is 451 g/mol. The lowest BCUT2D eigenvalue weighted by molar-refractivity contribution is -0.255. The van der Waals surface area contributed by atoms with Crippen molar-refractivity contribution in [3.8, 4) is 11.4 Å². The first-order valence-electron chi connectivity index (χ1n) is 10.4. The number of carbonyl (C=O) groups excluding carboxylic acids is 1. The van der Waals surface area contributed by atoms with E-state index >= 15 is 0 Å². The van der Waals surface area contributed by atoms with Crippen LogP contribution in [0.1, 0.15) is 40.9 Å². The number of nitrogens with one attached hydrogen (secondary N) is 1. The number of anilines is 1. The Morgan fingerprint density at radius 1 is 1.21 bits per heavy atom. The Balaban J connectivity index is 1.52. The fourth-order valence-corrected chi connectivity index (χ4v) is 3.30. The molecule has 0 saturated carbocycles. The highest BCUT2D eigenvalue weighted by Gasteiger charge is 2.49. The minimum Gasteiger partial charge on any atom is -0.381 e. The first kappa shape index (κ1) is 23.4. The number of aryl methyl sites for hydroxylation is 3. The number of hydrogen-bond donors (Lipinski definition) is 2.